The monoisotopic (exact) mass is 305 g/mol. The third-order valence-corrected chi connectivity index (χ3v) is 3.95. The first kappa shape index (κ1) is 11.7. The summed E-state index contributed by atoms with van der Waals surface area (Å²) in [6.07, 6.45) is 1.10. The first-order valence-electron chi connectivity index (χ1n) is 6.01. The Morgan fingerprint density at radius 1 is 1.17 bits per heavy atom. The molecule has 0 bridgehead atoms. The van der Waals surface area contributed by atoms with Crippen molar-refractivity contribution in [2.45, 2.75) is 13.0 Å². The molecule has 1 nitrogen and oxygen atoms in total. The molecule has 0 aliphatic carbocycles. The van der Waals surface area contributed by atoms with Crippen LogP contribution in [0.25, 0.3) is 0 Å². The predicted octanol–water partition coefficient (Wildman–Crippen LogP) is 4.15. The van der Waals surface area contributed by atoms with Gasteiger partial charge in [-0.25, -0.2) is 4.39 Å². The molecular formula is C15H13BrFN. The van der Waals surface area contributed by atoms with Crippen LogP contribution < -0.4 is 4.90 Å². The van der Waals surface area contributed by atoms with Crippen LogP contribution in [-0.4, -0.2) is 6.54 Å². The van der Waals surface area contributed by atoms with Crippen molar-refractivity contribution in [3.8, 4) is 0 Å². The van der Waals surface area contributed by atoms with Crippen LogP contribution >= 0.6 is 15.9 Å². The molecule has 0 saturated heterocycles. The van der Waals surface area contributed by atoms with Gasteiger partial charge >= 0.3 is 0 Å². The van der Waals surface area contributed by atoms with Gasteiger partial charge in [-0.1, -0.05) is 24.3 Å². The van der Waals surface area contributed by atoms with Gasteiger partial charge in [0.15, 0.2) is 0 Å². The van der Waals surface area contributed by atoms with Crippen LogP contribution in [0.1, 0.15) is 11.1 Å². The summed E-state index contributed by atoms with van der Waals surface area (Å²) in [7, 11) is 0. The molecule has 0 N–H and O–H groups in total. The standard InChI is InChI=1S/C15H13BrFN/c16-13-9-11(5-6-14(13)17)10-18-8-7-12-3-1-2-4-15(12)18/h1-6,9H,7-8,10H2. The molecule has 1 heterocycles. The predicted molar refractivity (Wildman–Crippen MR) is 75.3 cm³/mol. The van der Waals surface area contributed by atoms with Gasteiger partial charge in [0, 0.05) is 18.8 Å². The lowest BCUT2D eigenvalue weighted by Gasteiger charge is -2.19. The topological polar surface area (TPSA) is 3.24 Å². The van der Waals surface area contributed by atoms with Gasteiger partial charge in [0.05, 0.1) is 4.47 Å². The molecule has 0 spiro atoms. The number of fused-ring (bicyclic) bond motifs is 1. The van der Waals surface area contributed by atoms with Crippen LogP contribution in [0.2, 0.25) is 0 Å². The maximum atomic E-state index is 13.2. The van der Waals surface area contributed by atoms with Crippen LogP contribution in [-0.2, 0) is 13.0 Å². The molecule has 18 heavy (non-hydrogen) atoms. The SMILES string of the molecule is Fc1ccc(CN2CCc3ccccc32)cc1Br. The number of nitrogens with zero attached hydrogens (tertiary/aromatic N) is 1. The maximum Gasteiger partial charge on any atom is 0.137 e. The largest absolute Gasteiger partial charge is 0.367 e. The average Bonchev–Trinajstić information content (AvgIpc) is 2.78. The molecule has 1 aliphatic rings. The quantitative estimate of drug-likeness (QED) is 0.805. The summed E-state index contributed by atoms with van der Waals surface area (Å²) in [5, 5.41) is 0. The summed E-state index contributed by atoms with van der Waals surface area (Å²) in [5.74, 6) is -0.208. The molecule has 3 heteroatoms. The van der Waals surface area contributed by atoms with Crippen molar-refractivity contribution in [2.24, 2.45) is 0 Å². The fourth-order valence-corrected chi connectivity index (χ4v) is 2.86. The minimum Gasteiger partial charge on any atom is -0.367 e. The minimum absolute atomic E-state index is 0.208. The van der Waals surface area contributed by atoms with Crippen LogP contribution in [0, 0.1) is 5.82 Å². The zero-order chi connectivity index (χ0) is 12.5. The summed E-state index contributed by atoms with van der Waals surface area (Å²) in [5.41, 5.74) is 3.83. The van der Waals surface area contributed by atoms with E-state index in [1.165, 1.54) is 17.3 Å². The van der Waals surface area contributed by atoms with E-state index in [0.717, 1.165) is 25.1 Å². The number of anilines is 1. The minimum atomic E-state index is -0.208. The Labute approximate surface area is 114 Å². The maximum absolute atomic E-state index is 13.2. The van der Waals surface area contributed by atoms with E-state index in [9.17, 15) is 4.39 Å². The van der Waals surface area contributed by atoms with Crippen molar-refractivity contribution in [1.29, 1.82) is 0 Å². The number of halogens is 2. The van der Waals surface area contributed by atoms with E-state index in [1.807, 2.05) is 12.1 Å². The second kappa shape index (κ2) is 4.73. The van der Waals surface area contributed by atoms with Crippen molar-refractivity contribution < 1.29 is 4.39 Å². The van der Waals surface area contributed by atoms with Gasteiger partial charge < -0.3 is 4.90 Å². The Balaban J connectivity index is 1.84. The van der Waals surface area contributed by atoms with E-state index >= 15 is 0 Å². The Morgan fingerprint density at radius 2 is 2.00 bits per heavy atom. The van der Waals surface area contributed by atoms with Gasteiger partial charge in [0.2, 0.25) is 0 Å². The molecule has 0 radical (unpaired) electrons. The van der Waals surface area contributed by atoms with Gasteiger partial charge in [0.1, 0.15) is 5.82 Å². The lowest BCUT2D eigenvalue weighted by Crippen LogP contribution is -2.19. The van der Waals surface area contributed by atoms with Gasteiger partial charge in [0.25, 0.3) is 0 Å². The second-order valence-electron chi connectivity index (χ2n) is 4.55. The normalized spacial score (nSPS) is 13.8. The Hall–Kier alpha value is -1.35. The smallest absolute Gasteiger partial charge is 0.137 e. The molecule has 0 aromatic heterocycles. The van der Waals surface area contributed by atoms with Crippen molar-refractivity contribution in [2.75, 3.05) is 11.4 Å². The molecule has 0 saturated carbocycles. The third-order valence-electron chi connectivity index (χ3n) is 3.34. The van der Waals surface area contributed by atoms with E-state index in [0.29, 0.717) is 4.47 Å². The molecule has 0 amide bonds. The fourth-order valence-electron chi connectivity index (χ4n) is 2.43. The fraction of sp³-hybridized carbons (Fsp3) is 0.200. The van der Waals surface area contributed by atoms with Crippen molar-refractivity contribution in [3.05, 3.63) is 63.9 Å². The molecule has 1 aliphatic heterocycles. The molecule has 2 aromatic carbocycles. The number of hydrogen-bond donors (Lipinski definition) is 0. The third kappa shape index (κ3) is 2.15. The average molecular weight is 306 g/mol. The van der Waals surface area contributed by atoms with Crippen LogP contribution in [0.3, 0.4) is 0 Å². The Kier molecular flexibility index (Phi) is 3.08. The van der Waals surface area contributed by atoms with Gasteiger partial charge in [-0.2, -0.15) is 0 Å². The highest BCUT2D eigenvalue weighted by Gasteiger charge is 2.18. The number of benzene rings is 2. The van der Waals surface area contributed by atoms with E-state index in [-0.39, 0.29) is 5.82 Å². The van der Waals surface area contributed by atoms with Crippen molar-refractivity contribution in [1.82, 2.24) is 0 Å². The molecule has 0 unspecified atom stereocenters. The van der Waals surface area contributed by atoms with Crippen molar-refractivity contribution in [3.63, 3.8) is 0 Å². The summed E-state index contributed by atoms with van der Waals surface area (Å²) in [6.45, 7) is 1.87. The van der Waals surface area contributed by atoms with Gasteiger partial charge in [-0.15, -0.1) is 0 Å². The highest BCUT2D eigenvalue weighted by molar-refractivity contribution is 9.10. The second-order valence-corrected chi connectivity index (χ2v) is 5.40. The highest BCUT2D eigenvalue weighted by atomic mass is 79.9. The van der Waals surface area contributed by atoms with E-state index in [4.69, 9.17) is 0 Å². The molecule has 3 rings (SSSR count). The van der Waals surface area contributed by atoms with Gasteiger partial charge in [-0.3, -0.25) is 0 Å². The lowest BCUT2D eigenvalue weighted by atomic mass is 10.1. The molecule has 0 atom stereocenters. The number of para-hydroxylation sites is 1. The molecule has 2 aromatic rings. The highest BCUT2D eigenvalue weighted by Crippen LogP contribution is 2.29. The first-order valence-corrected chi connectivity index (χ1v) is 6.80. The van der Waals surface area contributed by atoms with Crippen LogP contribution in [0.15, 0.2) is 46.9 Å². The molecule has 0 fully saturated rings. The Morgan fingerprint density at radius 3 is 2.83 bits per heavy atom. The summed E-state index contributed by atoms with van der Waals surface area (Å²) in [6, 6.07) is 13.7. The van der Waals surface area contributed by atoms with E-state index in [2.05, 4.69) is 45.1 Å². The van der Waals surface area contributed by atoms with Crippen molar-refractivity contribution >= 4 is 21.6 Å². The Bertz CT molecular complexity index is 582. The van der Waals surface area contributed by atoms with Crippen LogP contribution in [0.5, 0.6) is 0 Å². The molecule has 92 valence electrons. The molecular weight excluding hydrogens is 293 g/mol. The summed E-state index contributed by atoms with van der Waals surface area (Å²) >= 11 is 3.23. The number of rotatable bonds is 2. The number of hydrogen-bond acceptors (Lipinski definition) is 1. The lowest BCUT2D eigenvalue weighted by molar-refractivity contribution is 0.620. The summed E-state index contributed by atoms with van der Waals surface area (Å²) < 4.78 is 13.7. The van der Waals surface area contributed by atoms with E-state index < -0.39 is 0 Å². The van der Waals surface area contributed by atoms with Crippen LogP contribution in [0.4, 0.5) is 10.1 Å². The summed E-state index contributed by atoms with van der Waals surface area (Å²) in [4.78, 5) is 2.34. The first-order chi connectivity index (χ1) is 8.74. The van der Waals surface area contributed by atoms with E-state index in [1.54, 1.807) is 0 Å². The van der Waals surface area contributed by atoms with Gasteiger partial charge in [-0.05, 0) is 51.7 Å². The zero-order valence-corrected chi connectivity index (χ0v) is 11.5. The zero-order valence-electron chi connectivity index (χ0n) is 9.87.